The number of rotatable bonds is 4. The molecule has 0 aliphatic heterocycles. The molecule has 2 nitrogen and oxygen atoms in total. The van der Waals surface area contributed by atoms with Crippen LogP contribution >= 0.6 is 11.6 Å². The molecule has 0 saturated heterocycles. The fourth-order valence-electron chi connectivity index (χ4n) is 3.38. The molecule has 0 saturated carbocycles. The van der Waals surface area contributed by atoms with Gasteiger partial charge in [0.2, 0.25) is 0 Å². The van der Waals surface area contributed by atoms with Crippen LogP contribution in [0.25, 0.3) is 0 Å². The van der Waals surface area contributed by atoms with Crippen molar-refractivity contribution in [3.63, 3.8) is 0 Å². The summed E-state index contributed by atoms with van der Waals surface area (Å²) in [6.07, 6.45) is 8.10. The van der Waals surface area contributed by atoms with Crippen LogP contribution in [0, 0.1) is 5.92 Å². The molecule has 21 heavy (non-hydrogen) atoms. The second-order valence-corrected chi connectivity index (χ2v) is 6.25. The summed E-state index contributed by atoms with van der Waals surface area (Å²) in [5, 5.41) is 4.27. The monoisotopic (exact) mass is 300 g/mol. The number of likely N-dealkylation sites (N-methyl/N-ethyl adjacent to an activating group) is 1. The van der Waals surface area contributed by atoms with Crippen molar-refractivity contribution in [2.24, 2.45) is 5.92 Å². The molecule has 0 radical (unpaired) electrons. The lowest BCUT2D eigenvalue weighted by molar-refractivity contribution is 0.333. The van der Waals surface area contributed by atoms with Crippen LogP contribution in [0.15, 0.2) is 42.7 Å². The number of aryl methyl sites for hydroxylation is 1. The molecular formula is C18H21ClN2. The van der Waals surface area contributed by atoms with Gasteiger partial charge in [-0.2, -0.15) is 0 Å². The Labute approximate surface area is 131 Å². The van der Waals surface area contributed by atoms with Crippen molar-refractivity contribution in [2.45, 2.75) is 31.7 Å². The number of hydrogen-bond acceptors (Lipinski definition) is 2. The van der Waals surface area contributed by atoms with Gasteiger partial charge in [0.25, 0.3) is 0 Å². The van der Waals surface area contributed by atoms with Gasteiger partial charge in [0, 0.05) is 18.4 Å². The molecule has 2 atom stereocenters. The molecule has 1 aromatic carbocycles. The smallest absolute Gasteiger partial charge is 0.0621 e. The maximum atomic E-state index is 6.26. The third kappa shape index (κ3) is 3.28. The third-order valence-corrected chi connectivity index (χ3v) is 4.96. The van der Waals surface area contributed by atoms with Crippen molar-refractivity contribution in [1.29, 1.82) is 0 Å². The fourth-order valence-corrected chi connectivity index (χ4v) is 3.58. The van der Waals surface area contributed by atoms with Gasteiger partial charge in [-0.25, -0.2) is 0 Å². The second-order valence-electron chi connectivity index (χ2n) is 5.84. The molecule has 3 heteroatoms. The molecule has 0 fully saturated rings. The minimum Gasteiger partial charge on any atom is -0.316 e. The number of nitrogens with one attached hydrogen (secondary N) is 1. The summed E-state index contributed by atoms with van der Waals surface area (Å²) in [5.74, 6) is 0.661. The summed E-state index contributed by atoms with van der Waals surface area (Å²) in [6.45, 7) is 0. The van der Waals surface area contributed by atoms with E-state index in [0.717, 1.165) is 17.9 Å². The summed E-state index contributed by atoms with van der Waals surface area (Å²) in [6, 6.07) is 11.3. The van der Waals surface area contributed by atoms with E-state index in [9.17, 15) is 0 Å². The minimum atomic E-state index is 0.457. The van der Waals surface area contributed by atoms with Gasteiger partial charge in [0.15, 0.2) is 0 Å². The number of hydrogen-bond donors (Lipinski definition) is 1. The largest absolute Gasteiger partial charge is 0.316 e. The summed E-state index contributed by atoms with van der Waals surface area (Å²) >= 11 is 6.26. The van der Waals surface area contributed by atoms with Gasteiger partial charge < -0.3 is 5.32 Å². The molecule has 3 rings (SSSR count). The van der Waals surface area contributed by atoms with Gasteiger partial charge in [0.05, 0.1) is 5.02 Å². The number of fused-ring (bicyclic) bond motifs is 1. The first-order valence-corrected chi connectivity index (χ1v) is 7.98. The SMILES string of the molecule is CNC(Cc1ccncc1Cl)C1CCc2ccccc2C1. The molecule has 1 N–H and O–H groups in total. The zero-order valence-electron chi connectivity index (χ0n) is 12.3. The van der Waals surface area contributed by atoms with E-state index in [1.165, 1.54) is 29.5 Å². The van der Waals surface area contributed by atoms with E-state index >= 15 is 0 Å². The molecular weight excluding hydrogens is 280 g/mol. The van der Waals surface area contributed by atoms with E-state index < -0.39 is 0 Å². The lowest BCUT2D eigenvalue weighted by Crippen LogP contribution is -2.38. The van der Waals surface area contributed by atoms with Gasteiger partial charge >= 0.3 is 0 Å². The van der Waals surface area contributed by atoms with Crippen LogP contribution in [0.2, 0.25) is 5.02 Å². The summed E-state index contributed by atoms with van der Waals surface area (Å²) in [7, 11) is 2.06. The van der Waals surface area contributed by atoms with Gasteiger partial charge in [-0.3, -0.25) is 4.98 Å². The normalized spacial score (nSPS) is 19.0. The highest BCUT2D eigenvalue weighted by atomic mass is 35.5. The molecule has 1 aliphatic carbocycles. The Hall–Kier alpha value is -1.38. The Morgan fingerprint density at radius 1 is 1.29 bits per heavy atom. The zero-order valence-corrected chi connectivity index (χ0v) is 13.1. The first-order chi connectivity index (χ1) is 10.3. The van der Waals surface area contributed by atoms with E-state index in [2.05, 4.69) is 41.6 Å². The van der Waals surface area contributed by atoms with Crippen LogP contribution in [-0.4, -0.2) is 18.1 Å². The average Bonchev–Trinajstić information content (AvgIpc) is 2.54. The van der Waals surface area contributed by atoms with Crippen LogP contribution in [0.5, 0.6) is 0 Å². The number of pyridine rings is 1. The molecule has 1 aromatic heterocycles. The van der Waals surface area contributed by atoms with E-state index in [4.69, 9.17) is 11.6 Å². The molecule has 0 spiro atoms. The minimum absolute atomic E-state index is 0.457. The molecule has 2 aromatic rings. The zero-order chi connectivity index (χ0) is 14.7. The highest BCUT2D eigenvalue weighted by molar-refractivity contribution is 6.31. The maximum Gasteiger partial charge on any atom is 0.0621 e. The summed E-state index contributed by atoms with van der Waals surface area (Å²) in [4.78, 5) is 4.07. The van der Waals surface area contributed by atoms with Crippen molar-refractivity contribution in [2.75, 3.05) is 7.05 Å². The van der Waals surface area contributed by atoms with Crippen LogP contribution in [0.1, 0.15) is 23.1 Å². The van der Waals surface area contributed by atoms with Crippen molar-refractivity contribution in [3.8, 4) is 0 Å². The van der Waals surface area contributed by atoms with E-state index in [1.54, 1.807) is 6.20 Å². The topological polar surface area (TPSA) is 24.9 Å². The van der Waals surface area contributed by atoms with Gasteiger partial charge in [-0.1, -0.05) is 35.9 Å². The number of aromatic nitrogens is 1. The Morgan fingerprint density at radius 3 is 2.86 bits per heavy atom. The second kappa shape index (κ2) is 6.59. The number of benzene rings is 1. The van der Waals surface area contributed by atoms with Gasteiger partial charge in [-0.15, -0.1) is 0 Å². The quantitative estimate of drug-likeness (QED) is 0.932. The molecule has 0 amide bonds. The van der Waals surface area contributed by atoms with Gasteiger partial charge in [-0.05, 0) is 61.4 Å². The Bertz CT molecular complexity index is 612. The average molecular weight is 301 g/mol. The highest BCUT2D eigenvalue weighted by Crippen LogP contribution is 2.29. The maximum absolute atomic E-state index is 6.26. The van der Waals surface area contributed by atoms with Crippen LogP contribution < -0.4 is 5.32 Å². The predicted octanol–water partition coefficient (Wildman–Crippen LogP) is 3.67. The standard InChI is InChI=1S/C18H21ClN2/c1-20-18(11-15-8-9-21-12-17(15)19)16-7-6-13-4-2-3-5-14(13)10-16/h2-5,8-9,12,16,18,20H,6-7,10-11H2,1H3. The molecule has 1 aliphatic rings. The van der Waals surface area contributed by atoms with Crippen molar-refractivity contribution < 1.29 is 0 Å². The van der Waals surface area contributed by atoms with E-state index in [-0.39, 0.29) is 0 Å². The van der Waals surface area contributed by atoms with Crippen molar-refractivity contribution >= 4 is 11.6 Å². The number of nitrogens with zero attached hydrogens (tertiary/aromatic N) is 1. The van der Waals surface area contributed by atoms with Crippen LogP contribution in [0.4, 0.5) is 0 Å². The lowest BCUT2D eigenvalue weighted by atomic mass is 9.78. The fraction of sp³-hybridized carbons (Fsp3) is 0.389. The Kier molecular flexibility index (Phi) is 4.57. The highest BCUT2D eigenvalue weighted by Gasteiger charge is 2.25. The molecule has 1 heterocycles. The molecule has 2 unspecified atom stereocenters. The summed E-state index contributed by atoms with van der Waals surface area (Å²) in [5.41, 5.74) is 4.21. The van der Waals surface area contributed by atoms with Crippen molar-refractivity contribution in [1.82, 2.24) is 10.3 Å². The third-order valence-electron chi connectivity index (χ3n) is 4.62. The van der Waals surface area contributed by atoms with E-state index in [0.29, 0.717) is 12.0 Å². The molecule has 110 valence electrons. The predicted molar refractivity (Wildman–Crippen MR) is 87.8 cm³/mol. The van der Waals surface area contributed by atoms with Crippen LogP contribution in [0.3, 0.4) is 0 Å². The summed E-state index contributed by atoms with van der Waals surface area (Å²) < 4.78 is 0. The van der Waals surface area contributed by atoms with Crippen molar-refractivity contribution in [3.05, 3.63) is 64.4 Å². The molecule has 0 bridgehead atoms. The first kappa shape index (κ1) is 14.6. The Morgan fingerprint density at radius 2 is 2.10 bits per heavy atom. The Balaban J connectivity index is 1.74. The lowest BCUT2D eigenvalue weighted by Gasteiger charge is -2.31. The number of halogens is 1. The van der Waals surface area contributed by atoms with Crippen LogP contribution in [-0.2, 0) is 19.3 Å². The first-order valence-electron chi connectivity index (χ1n) is 7.60. The van der Waals surface area contributed by atoms with Gasteiger partial charge in [0.1, 0.15) is 0 Å². The van der Waals surface area contributed by atoms with E-state index in [1.807, 2.05) is 12.3 Å².